The van der Waals surface area contributed by atoms with Crippen LogP contribution >= 0.6 is 0 Å². The van der Waals surface area contributed by atoms with Crippen LogP contribution in [0.3, 0.4) is 0 Å². The van der Waals surface area contributed by atoms with E-state index in [0.717, 1.165) is 54.3 Å². The second-order valence-electron chi connectivity index (χ2n) is 7.39. The van der Waals surface area contributed by atoms with Crippen molar-refractivity contribution < 1.29 is 10.2 Å². The Morgan fingerprint density at radius 1 is 0.722 bits per heavy atom. The molecule has 0 saturated heterocycles. The summed E-state index contributed by atoms with van der Waals surface area (Å²) in [5, 5.41) is 18.7. The number of hydrogen-bond donors (Lipinski definition) is 2. The van der Waals surface area contributed by atoms with Gasteiger partial charge in [-0.05, 0) is 85.9 Å². The Hall–Kier alpha value is -0.0800. The molecule has 4 aliphatic rings. The maximum atomic E-state index is 9.41. The monoisotopic (exact) mass is 250 g/mol. The number of fused-ring (bicyclic) bond motifs is 6. The third-order valence-electron chi connectivity index (χ3n) is 6.80. The van der Waals surface area contributed by atoms with Gasteiger partial charge in [0.15, 0.2) is 0 Å². The molecule has 8 atom stereocenters. The van der Waals surface area contributed by atoms with E-state index in [0.29, 0.717) is 19.1 Å². The molecule has 4 rings (SSSR count). The van der Waals surface area contributed by atoms with Gasteiger partial charge in [-0.1, -0.05) is 0 Å². The van der Waals surface area contributed by atoms with E-state index in [2.05, 4.69) is 0 Å². The van der Waals surface area contributed by atoms with Crippen molar-refractivity contribution in [3.8, 4) is 0 Å². The van der Waals surface area contributed by atoms with Crippen molar-refractivity contribution in [3.05, 3.63) is 0 Å². The van der Waals surface area contributed by atoms with Gasteiger partial charge < -0.3 is 10.2 Å². The van der Waals surface area contributed by atoms with Crippen molar-refractivity contribution in [1.29, 1.82) is 0 Å². The lowest BCUT2D eigenvalue weighted by molar-refractivity contribution is 0.0126. The van der Waals surface area contributed by atoms with E-state index in [-0.39, 0.29) is 0 Å². The van der Waals surface area contributed by atoms with Crippen molar-refractivity contribution in [2.45, 2.75) is 38.5 Å². The number of hydrogen-bond acceptors (Lipinski definition) is 2. The minimum Gasteiger partial charge on any atom is -0.396 e. The normalized spacial score (nSPS) is 56.3. The van der Waals surface area contributed by atoms with Crippen molar-refractivity contribution in [1.82, 2.24) is 0 Å². The zero-order chi connectivity index (χ0) is 12.3. The molecule has 0 amide bonds. The van der Waals surface area contributed by atoms with Gasteiger partial charge in [0.2, 0.25) is 0 Å². The molecule has 2 nitrogen and oxygen atoms in total. The van der Waals surface area contributed by atoms with Crippen molar-refractivity contribution in [2.75, 3.05) is 13.2 Å². The first-order chi connectivity index (χ1) is 8.85. The van der Waals surface area contributed by atoms with Gasteiger partial charge in [-0.2, -0.15) is 0 Å². The molecule has 0 spiro atoms. The smallest absolute Gasteiger partial charge is 0.0433 e. The quantitative estimate of drug-likeness (QED) is 0.803. The summed E-state index contributed by atoms with van der Waals surface area (Å²) in [5.74, 6) is 7.58. The second kappa shape index (κ2) is 4.21. The standard InChI is InChI=1S/C16H26O2/c17-5-3-9-1-2-11-12-7-13(12)14-8-15(14)16(11)10(9)4-6-18/h9-18H,1-8H2. The van der Waals surface area contributed by atoms with Gasteiger partial charge in [-0.3, -0.25) is 0 Å². The second-order valence-corrected chi connectivity index (χ2v) is 7.39. The fourth-order valence-corrected chi connectivity index (χ4v) is 6.07. The van der Waals surface area contributed by atoms with Crippen LogP contribution in [0, 0.1) is 47.3 Å². The summed E-state index contributed by atoms with van der Waals surface area (Å²) in [6.45, 7) is 0.686. The zero-order valence-corrected chi connectivity index (χ0v) is 11.2. The highest BCUT2D eigenvalue weighted by atomic mass is 16.3. The minimum atomic E-state index is 0.337. The Bertz CT molecular complexity index is 329. The van der Waals surface area contributed by atoms with Gasteiger partial charge in [0.05, 0.1) is 0 Å². The summed E-state index contributed by atoms with van der Waals surface area (Å²) in [4.78, 5) is 0. The third kappa shape index (κ3) is 1.61. The maximum absolute atomic E-state index is 9.41. The highest BCUT2D eigenvalue weighted by Crippen LogP contribution is 2.73. The van der Waals surface area contributed by atoms with Crippen LogP contribution in [0.2, 0.25) is 0 Å². The van der Waals surface area contributed by atoms with E-state index in [1.165, 1.54) is 25.7 Å². The molecule has 4 fully saturated rings. The van der Waals surface area contributed by atoms with E-state index in [1.54, 1.807) is 0 Å². The Morgan fingerprint density at radius 2 is 1.39 bits per heavy atom. The molecule has 0 bridgehead atoms. The summed E-state index contributed by atoms with van der Waals surface area (Å²) >= 11 is 0. The van der Waals surface area contributed by atoms with Crippen LogP contribution in [0.5, 0.6) is 0 Å². The van der Waals surface area contributed by atoms with Gasteiger partial charge in [-0.25, -0.2) is 0 Å². The molecule has 8 unspecified atom stereocenters. The molecule has 102 valence electrons. The van der Waals surface area contributed by atoms with Crippen LogP contribution in [0.4, 0.5) is 0 Å². The molecule has 0 heterocycles. The molecule has 4 aliphatic carbocycles. The van der Waals surface area contributed by atoms with Crippen molar-refractivity contribution in [3.63, 3.8) is 0 Å². The lowest BCUT2D eigenvalue weighted by Crippen LogP contribution is -2.40. The maximum Gasteiger partial charge on any atom is 0.0433 e. The highest BCUT2D eigenvalue weighted by Gasteiger charge is 2.66. The fraction of sp³-hybridized carbons (Fsp3) is 1.00. The average molecular weight is 250 g/mol. The summed E-state index contributed by atoms with van der Waals surface area (Å²) in [6, 6.07) is 0. The highest BCUT2D eigenvalue weighted by molar-refractivity contribution is 5.15. The third-order valence-corrected chi connectivity index (χ3v) is 6.80. The molecule has 18 heavy (non-hydrogen) atoms. The zero-order valence-electron chi connectivity index (χ0n) is 11.2. The van der Waals surface area contributed by atoms with Crippen LogP contribution in [0.25, 0.3) is 0 Å². The molecule has 0 aromatic rings. The summed E-state index contributed by atoms with van der Waals surface area (Å²) in [7, 11) is 0. The summed E-state index contributed by atoms with van der Waals surface area (Å²) in [5.41, 5.74) is 0. The molecule has 0 radical (unpaired) electrons. The van der Waals surface area contributed by atoms with Crippen LogP contribution < -0.4 is 0 Å². The number of rotatable bonds is 4. The SMILES string of the molecule is OCCC1CCC2C3CC3C3CC3C2C1CCO. The molecule has 4 saturated carbocycles. The van der Waals surface area contributed by atoms with E-state index in [1.807, 2.05) is 0 Å². The first-order valence-corrected chi connectivity index (χ1v) is 8.07. The number of aliphatic hydroxyl groups is 2. The topological polar surface area (TPSA) is 40.5 Å². The average Bonchev–Trinajstić information content (AvgIpc) is 3.24. The van der Waals surface area contributed by atoms with Crippen LogP contribution in [-0.4, -0.2) is 23.4 Å². The Balaban J connectivity index is 1.56. The van der Waals surface area contributed by atoms with Crippen LogP contribution in [0.15, 0.2) is 0 Å². The van der Waals surface area contributed by atoms with Crippen molar-refractivity contribution in [2.24, 2.45) is 47.3 Å². The van der Waals surface area contributed by atoms with Gasteiger partial charge in [-0.15, -0.1) is 0 Å². The molecular weight excluding hydrogens is 224 g/mol. The van der Waals surface area contributed by atoms with Gasteiger partial charge in [0, 0.05) is 13.2 Å². The predicted molar refractivity (Wildman–Crippen MR) is 69.8 cm³/mol. The minimum absolute atomic E-state index is 0.337. The Morgan fingerprint density at radius 3 is 2.17 bits per heavy atom. The molecule has 0 aliphatic heterocycles. The molecule has 0 aromatic heterocycles. The van der Waals surface area contributed by atoms with Crippen LogP contribution in [-0.2, 0) is 0 Å². The van der Waals surface area contributed by atoms with Crippen molar-refractivity contribution >= 4 is 0 Å². The van der Waals surface area contributed by atoms with Gasteiger partial charge in [0.25, 0.3) is 0 Å². The molecule has 2 heteroatoms. The summed E-state index contributed by atoms with van der Waals surface area (Å²) in [6.07, 6.45) is 7.72. The molecular formula is C16H26O2. The van der Waals surface area contributed by atoms with E-state index in [9.17, 15) is 10.2 Å². The Kier molecular flexibility index (Phi) is 2.74. The predicted octanol–water partition coefficient (Wildman–Crippen LogP) is 2.30. The first-order valence-electron chi connectivity index (χ1n) is 8.07. The molecule has 2 N–H and O–H groups in total. The summed E-state index contributed by atoms with van der Waals surface area (Å²) < 4.78 is 0. The van der Waals surface area contributed by atoms with E-state index in [4.69, 9.17) is 0 Å². The lowest BCUT2D eigenvalue weighted by Gasteiger charge is -2.46. The molecule has 0 aromatic carbocycles. The van der Waals surface area contributed by atoms with E-state index < -0.39 is 0 Å². The first kappa shape index (κ1) is 11.7. The largest absolute Gasteiger partial charge is 0.396 e. The fourth-order valence-electron chi connectivity index (χ4n) is 6.07. The lowest BCUT2D eigenvalue weighted by atomic mass is 9.59. The van der Waals surface area contributed by atoms with Crippen LogP contribution in [0.1, 0.15) is 38.5 Å². The van der Waals surface area contributed by atoms with Gasteiger partial charge in [0.1, 0.15) is 0 Å². The number of aliphatic hydroxyl groups excluding tert-OH is 2. The Labute approximate surface area is 110 Å². The van der Waals surface area contributed by atoms with Gasteiger partial charge >= 0.3 is 0 Å². The van der Waals surface area contributed by atoms with E-state index >= 15 is 0 Å².